The van der Waals surface area contributed by atoms with Gasteiger partial charge in [0.1, 0.15) is 11.5 Å². The first-order valence-corrected chi connectivity index (χ1v) is 12.1. The maximum atomic E-state index is 13.2. The van der Waals surface area contributed by atoms with E-state index in [0.717, 1.165) is 47.3 Å². The molecule has 0 bridgehead atoms. The molecule has 0 unspecified atom stereocenters. The molecule has 2 aromatic carbocycles. The van der Waals surface area contributed by atoms with Gasteiger partial charge >= 0.3 is 0 Å². The molecule has 7 heteroatoms. The van der Waals surface area contributed by atoms with E-state index < -0.39 is 5.41 Å². The van der Waals surface area contributed by atoms with E-state index in [4.69, 9.17) is 11.6 Å². The highest BCUT2D eigenvalue weighted by Crippen LogP contribution is 2.30. The van der Waals surface area contributed by atoms with E-state index in [1.165, 1.54) is 0 Å². The van der Waals surface area contributed by atoms with Crippen LogP contribution < -0.4 is 0 Å². The predicted octanol–water partition coefficient (Wildman–Crippen LogP) is 6.99. The molecule has 0 fully saturated rings. The lowest BCUT2D eigenvalue weighted by Gasteiger charge is -2.19. The summed E-state index contributed by atoms with van der Waals surface area (Å²) in [6, 6.07) is 16.4. The van der Waals surface area contributed by atoms with E-state index in [2.05, 4.69) is 57.5 Å². The van der Waals surface area contributed by atoms with Crippen LogP contribution in [0.2, 0.25) is 5.15 Å². The minimum Gasteiger partial charge on any atom is -0.320 e. The van der Waals surface area contributed by atoms with Crippen molar-refractivity contribution in [2.75, 3.05) is 6.67 Å². The van der Waals surface area contributed by atoms with Gasteiger partial charge in [-0.05, 0) is 23.1 Å². The topological polar surface area (TPSA) is 72.0 Å². The van der Waals surface area contributed by atoms with Crippen LogP contribution >= 0.6 is 11.6 Å². The third-order valence-corrected chi connectivity index (χ3v) is 6.14. The molecule has 0 saturated heterocycles. The van der Waals surface area contributed by atoms with Crippen LogP contribution in [0.1, 0.15) is 68.0 Å². The van der Waals surface area contributed by atoms with Gasteiger partial charge in [-0.2, -0.15) is 5.11 Å². The summed E-state index contributed by atoms with van der Waals surface area (Å²) in [6.45, 7) is 8.80. The molecule has 6 nitrogen and oxygen atoms in total. The Hall–Kier alpha value is -3.12. The number of Topliss-reactive ketones (excluding diaryl/α,β-unsaturated/α-hetero) is 1. The number of hydrogen-bond donors (Lipinski definition) is 0. The van der Waals surface area contributed by atoms with E-state index in [9.17, 15) is 4.79 Å². The number of aromatic nitrogens is 2. The lowest BCUT2D eigenvalue weighted by atomic mass is 9.89. The molecule has 2 heterocycles. The van der Waals surface area contributed by atoms with Crippen LogP contribution in [-0.4, -0.2) is 27.8 Å². The molecule has 0 N–H and O–H groups in total. The van der Waals surface area contributed by atoms with E-state index in [0.29, 0.717) is 29.9 Å². The second-order valence-electron chi connectivity index (χ2n) is 9.54. The van der Waals surface area contributed by atoms with Crippen molar-refractivity contribution < 1.29 is 4.79 Å². The number of rotatable bonds is 8. The van der Waals surface area contributed by atoms with Gasteiger partial charge in [-0.1, -0.05) is 94.2 Å². The molecule has 1 aliphatic rings. The van der Waals surface area contributed by atoms with Crippen molar-refractivity contribution in [1.82, 2.24) is 9.55 Å². The normalized spacial score (nSPS) is 13.4. The highest BCUT2D eigenvalue weighted by Gasteiger charge is 2.30. The third-order valence-electron chi connectivity index (χ3n) is 5.88. The molecule has 3 aromatic rings. The van der Waals surface area contributed by atoms with Crippen molar-refractivity contribution in [2.24, 2.45) is 20.6 Å². The zero-order chi connectivity index (χ0) is 24.3. The summed E-state index contributed by atoms with van der Waals surface area (Å²) >= 11 is 6.50. The summed E-state index contributed by atoms with van der Waals surface area (Å²) in [5.41, 5.74) is 4.14. The van der Waals surface area contributed by atoms with Crippen molar-refractivity contribution >= 4 is 23.2 Å². The van der Waals surface area contributed by atoms with E-state index in [-0.39, 0.29) is 5.78 Å². The standard InChI is InChI=1S/C27H30ClN5O/c1-5-6-11-22-31-25(28)23(24(34)27(2,3)4)33(22)16-18-12-14-19(15-13-18)20-9-7-8-10-21(20)26-29-17-30-32-26/h7-10,12-15H,5-6,11,16-17H2,1-4H3. The van der Waals surface area contributed by atoms with Crippen LogP contribution in [0.25, 0.3) is 11.1 Å². The fourth-order valence-electron chi connectivity index (χ4n) is 4.00. The average molecular weight is 476 g/mol. The average Bonchev–Trinajstić information content (AvgIpc) is 3.45. The molecule has 0 saturated carbocycles. The fourth-order valence-corrected chi connectivity index (χ4v) is 4.29. The van der Waals surface area contributed by atoms with Crippen molar-refractivity contribution in [1.29, 1.82) is 0 Å². The lowest BCUT2D eigenvalue weighted by molar-refractivity contribution is 0.0848. The summed E-state index contributed by atoms with van der Waals surface area (Å²) < 4.78 is 2.00. The predicted molar refractivity (Wildman–Crippen MR) is 137 cm³/mol. The van der Waals surface area contributed by atoms with Crippen molar-refractivity contribution in [3.63, 3.8) is 0 Å². The number of aliphatic imine (C=N–C) groups is 1. The number of amidine groups is 1. The largest absolute Gasteiger partial charge is 0.320 e. The van der Waals surface area contributed by atoms with E-state index in [1.54, 1.807) is 0 Å². The monoisotopic (exact) mass is 475 g/mol. The Morgan fingerprint density at radius 3 is 2.38 bits per heavy atom. The second kappa shape index (κ2) is 10.0. The maximum absolute atomic E-state index is 13.2. The first-order valence-electron chi connectivity index (χ1n) is 11.7. The lowest BCUT2D eigenvalue weighted by Crippen LogP contribution is -2.24. The summed E-state index contributed by atoms with van der Waals surface area (Å²) in [7, 11) is 0. The van der Waals surface area contributed by atoms with E-state index >= 15 is 0 Å². The Labute approximate surface area is 205 Å². The number of aryl methyl sites for hydroxylation is 1. The Balaban J connectivity index is 1.67. The van der Waals surface area contributed by atoms with Gasteiger partial charge in [-0.25, -0.2) is 9.98 Å². The molecule has 176 valence electrons. The van der Waals surface area contributed by atoms with Gasteiger partial charge in [0.05, 0.1) is 0 Å². The number of nitrogens with zero attached hydrogens (tertiary/aromatic N) is 5. The SMILES string of the molecule is CCCCc1nc(Cl)c(C(=O)C(C)(C)C)n1Cc1ccc(-c2ccccc2C2=NCN=N2)cc1. The number of carbonyl (C=O) groups is 1. The van der Waals surface area contributed by atoms with Crippen LogP contribution in [0.15, 0.2) is 63.8 Å². The zero-order valence-electron chi connectivity index (χ0n) is 20.2. The molecule has 0 atom stereocenters. The Kier molecular flexibility index (Phi) is 7.08. The minimum atomic E-state index is -0.544. The van der Waals surface area contributed by atoms with Gasteiger partial charge in [0.25, 0.3) is 0 Å². The Morgan fingerprint density at radius 2 is 1.76 bits per heavy atom. The minimum absolute atomic E-state index is 0.00444. The first-order chi connectivity index (χ1) is 16.3. The summed E-state index contributed by atoms with van der Waals surface area (Å²) in [6.07, 6.45) is 2.83. The smallest absolute Gasteiger partial charge is 0.187 e. The van der Waals surface area contributed by atoms with Gasteiger partial charge in [-0.3, -0.25) is 4.79 Å². The van der Waals surface area contributed by atoms with Crippen LogP contribution in [0, 0.1) is 5.41 Å². The molecule has 4 rings (SSSR count). The zero-order valence-corrected chi connectivity index (χ0v) is 20.9. The third kappa shape index (κ3) is 5.02. The summed E-state index contributed by atoms with van der Waals surface area (Å²) in [4.78, 5) is 22.2. The summed E-state index contributed by atoms with van der Waals surface area (Å²) in [5.74, 6) is 1.53. The number of azo groups is 1. The molecule has 0 aliphatic carbocycles. The quantitative estimate of drug-likeness (QED) is 0.329. The fraction of sp³-hybridized carbons (Fsp3) is 0.370. The number of imidazole rings is 1. The molecule has 0 spiro atoms. The van der Waals surface area contributed by atoms with Gasteiger partial charge < -0.3 is 4.57 Å². The first kappa shape index (κ1) is 24.0. The van der Waals surface area contributed by atoms with Gasteiger partial charge in [-0.15, -0.1) is 5.11 Å². The number of carbonyl (C=O) groups excluding carboxylic acids is 1. The van der Waals surface area contributed by atoms with E-state index in [1.807, 2.05) is 43.5 Å². The molecular formula is C27H30ClN5O. The molecule has 1 aliphatic heterocycles. The molecular weight excluding hydrogens is 446 g/mol. The highest BCUT2D eigenvalue weighted by molar-refractivity contribution is 6.32. The van der Waals surface area contributed by atoms with Crippen LogP contribution in [0.3, 0.4) is 0 Å². The Morgan fingerprint density at radius 1 is 1.06 bits per heavy atom. The number of halogens is 1. The number of benzene rings is 2. The maximum Gasteiger partial charge on any atom is 0.187 e. The number of unbranched alkanes of at least 4 members (excludes halogenated alkanes) is 1. The van der Waals surface area contributed by atoms with Gasteiger partial charge in [0, 0.05) is 23.9 Å². The second-order valence-corrected chi connectivity index (χ2v) is 9.90. The van der Waals surface area contributed by atoms with Crippen LogP contribution in [-0.2, 0) is 13.0 Å². The number of hydrogen-bond acceptors (Lipinski definition) is 5. The van der Waals surface area contributed by atoms with Crippen molar-refractivity contribution in [3.8, 4) is 11.1 Å². The van der Waals surface area contributed by atoms with Gasteiger partial charge in [0.2, 0.25) is 0 Å². The highest BCUT2D eigenvalue weighted by atomic mass is 35.5. The Bertz CT molecular complexity index is 1250. The molecule has 0 amide bonds. The van der Waals surface area contributed by atoms with Crippen molar-refractivity contribution in [3.05, 3.63) is 76.3 Å². The summed E-state index contributed by atoms with van der Waals surface area (Å²) in [5, 5.41) is 8.44. The van der Waals surface area contributed by atoms with Crippen LogP contribution in [0.5, 0.6) is 0 Å². The molecule has 0 radical (unpaired) electrons. The molecule has 34 heavy (non-hydrogen) atoms. The van der Waals surface area contributed by atoms with Crippen molar-refractivity contribution in [2.45, 2.75) is 53.5 Å². The molecule has 1 aromatic heterocycles. The van der Waals surface area contributed by atoms with Crippen LogP contribution in [0.4, 0.5) is 0 Å². The number of ketones is 1. The van der Waals surface area contributed by atoms with Gasteiger partial charge in [0.15, 0.2) is 23.4 Å².